The molecule has 2 aromatic rings. The minimum absolute atomic E-state index is 0.0288. The standard InChI is InChI=1S/C17H12F3N3O3S/c18-17(19,20)13-3-1-2-11(9-13)8-12(10-21)16(24)23-14-4-6-15(7-5-14)27(22,25)26/h1-9H,(H,23,24)(H2,22,25,26). The summed E-state index contributed by atoms with van der Waals surface area (Å²) in [5, 5.41) is 16.4. The summed E-state index contributed by atoms with van der Waals surface area (Å²) >= 11 is 0. The van der Waals surface area contributed by atoms with Gasteiger partial charge in [0.1, 0.15) is 11.6 Å². The number of carbonyl (C=O) groups excluding carboxylic acids is 1. The fraction of sp³-hybridized carbons (Fsp3) is 0.0588. The maximum absolute atomic E-state index is 12.7. The number of nitrogens with zero attached hydrogens (tertiary/aromatic N) is 1. The summed E-state index contributed by atoms with van der Waals surface area (Å²) in [6, 6.07) is 10.6. The van der Waals surface area contributed by atoms with Crippen molar-refractivity contribution in [3.63, 3.8) is 0 Å². The van der Waals surface area contributed by atoms with Gasteiger partial charge in [-0.15, -0.1) is 0 Å². The zero-order valence-electron chi connectivity index (χ0n) is 13.5. The number of sulfonamides is 1. The molecule has 0 fully saturated rings. The van der Waals surface area contributed by atoms with Gasteiger partial charge in [-0.05, 0) is 48.0 Å². The molecule has 0 saturated heterocycles. The lowest BCUT2D eigenvalue weighted by Gasteiger charge is -2.08. The fourth-order valence-corrected chi connectivity index (χ4v) is 2.56. The molecule has 0 aliphatic heterocycles. The Morgan fingerprint density at radius 1 is 1.15 bits per heavy atom. The van der Waals surface area contributed by atoms with Gasteiger partial charge >= 0.3 is 6.18 Å². The van der Waals surface area contributed by atoms with Crippen molar-refractivity contribution in [1.82, 2.24) is 0 Å². The molecular formula is C17H12F3N3O3S. The third-order valence-electron chi connectivity index (χ3n) is 3.33. The van der Waals surface area contributed by atoms with Crippen LogP contribution in [0.5, 0.6) is 0 Å². The van der Waals surface area contributed by atoms with Crippen LogP contribution in [0.4, 0.5) is 18.9 Å². The number of hydrogen-bond donors (Lipinski definition) is 2. The summed E-state index contributed by atoms with van der Waals surface area (Å²) in [6.07, 6.45) is -3.53. The van der Waals surface area contributed by atoms with Gasteiger partial charge < -0.3 is 5.32 Å². The summed E-state index contributed by atoms with van der Waals surface area (Å²) in [4.78, 5) is 12.0. The summed E-state index contributed by atoms with van der Waals surface area (Å²) < 4.78 is 60.6. The Morgan fingerprint density at radius 2 is 1.78 bits per heavy atom. The van der Waals surface area contributed by atoms with E-state index in [0.29, 0.717) is 0 Å². The van der Waals surface area contributed by atoms with Gasteiger partial charge in [0.05, 0.1) is 10.5 Å². The molecule has 0 aromatic heterocycles. The monoisotopic (exact) mass is 395 g/mol. The molecule has 0 unspecified atom stereocenters. The van der Waals surface area contributed by atoms with Gasteiger partial charge in [-0.3, -0.25) is 4.79 Å². The van der Waals surface area contributed by atoms with E-state index in [9.17, 15) is 26.4 Å². The molecule has 0 aliphatic rings. The van der Waals surface area contributed by atoms with E-state index < -0.39 is 33.2 Å². The molecule has 0 atom stereocenters. The molecule has 0 saturated carbocycles. The zero-order chi connectivity index (χ0) is 20.2. The van der Waals surface area contributed by atoms with E-state index in [2.05, 4.69) is 5.32 Å². The average Bonchev–Trinajstić information content (AvgIpc) is 2.58. The molecule has 0 spiro atoms. The topological polar surface area (TPSA) is 113 Å². The van der Waals surface area contributed by atoms with Crippen LogP contribution >= 0.6 is 0 Å². The first-order valence-electron chi connectivity index (χ1n) is 7.24. The SMILES string of the molecule is N#CC(=Cc1cccc(C(F)(F)F)c1)C(=O)Nc1ccc(S(N)(=O)=O)cc1. The van der Waals surface area contributed by atoms with Crippen LogP contribution < -0.4 is 10.5 Å². The highest BCUT2D eigenvalue weighted by molar-refractivity contribution is 7.89. The van der Waals surface area contributed by atoms with Crippen molar-refractivity contribution in [2.75, 3.05) is 5.32 Å². The second kappa shape index (κ2) is 7.61. The predicted molar refractivity (Wildman–Crippen MR) is 91.5 cm³/mol. The number of hydrogen-bond acceptors (Lipinski definition) is 4. The van der Waals surface area contributed by atoms with Crippen molar-refractivity contribution in [3.05, 3.63) is 65.2 Å². The average molecular weight is 395 g/mol. The second-order valence-corrected chi connectivity index (χ2v) is 6.88. The third-order valence-corrected chi connectivity index (χ3v) is 4.26. The number of benzene rings is 2. The van der Waals surface area contributed by atoms with Gasteiger partial charge in [0.15, 0.2) is 0 Å². The number of carbonyl (C=O) groups is 1. The molecule has 2 aromatic carbocycles. The number of halogens is 3. The summed E-state index contributed by atoms with van der Waals surface area (Å²) in [5.74, 6) is -0.863. The maximum atomic E-state index is 12.7. The van der Waals surface area contributed by atoms with Crippen LogP contribution in [0.15, 0.2) is 59.0 Å². The molecule has 0 bridgehead atoms. The van der Waals surface area contributed by atoms with Crippen molar-refractivity contribution >= 4 is 27.7 Å². The van der Waals surface area contributed by atoms with E-state index in [4.69, 9.17) is 10.4 Å². The van der Waals surface area contributed by atoms with E-state index in [1.165, 1.54) is 18.2 Å². The first kappa shape index (κ1) is 20.2. The van der Waals surface area contributed by atoms with E-state index in [0.717, 1.165) is 36.4 Å². The highest BCUT2D eigenvalue weighted by Gasteiger charge is 2.30. The molecule has 0 radical (unpaired) electrons. The van der Waals surface area contributed by atoms with E-state index >= 15 is 0 Å². The maximum Gasteiger partial charge on any atom is 0.416 e. The van der Waals surface area contributed by atoms with Gasteiger partial charge in [-0.1, -0.05) is 12.1 Å². The van der Waals surface area contributed by atoms with Crippen molar-refractivity contribution in [3.8, 4) is 6.07 Å². The summed E-state index contributed by atoms with van der Waals surface area (Å²) in [7, 11) is -3.89. The van der Waals surface area contributed by atoms with Crippen molar-refractivity contribution in [2.45, 2.75) is 11.1 Å². The van der Waals surface area contributed by atoms with Crippen molar-refractivity contribution in [2.24, 2.45) is 5.14 Å². The Balaban J connectivity index is 2.24. The van der Waals surface area contributed by atoms with Crippen molar-refractivity contribution in [1.29, 1.82) is 5.26 Å². The first-order valence-corrected chi connectivity index (χ1v) is 8.78. The zero-order valence-corrected chi connectivity index (χ0v) is 14.3. The highest BCUT2D eigenvalue weighted by atomic mass is 32.2. The molecule has 0 heterocycles. The molecule has 27 heavy (non-hydrogen) atoms. The molecule has 3 N–H and O–H groups in total. The van der Waals surface area contributed by atoms with Gasteiger partial charge in [0.2, 0.25) is 10.0 Å². The Morgan fingerprint density at radius 3 is 2.30 bits per heavy atom. The molecule has 10 heteroatoms. The van der Waals surface area contributed by atoms with E-state index in [1.54, 1.807) is 6.07 Å². The number of amides is 1. The lowest BCUT2D eigenvalue weighted by Crippen LogP contribution is -2.14. The smallest absolute Gasteiger partial charge is 0.321 e. The molecule has 2 rings (SSSR count). The molecular weight excluding hydrogens is 383 g/mol. The predicted octanol–water partition coefficient (Wildman–Crippen LogP) is 2.90. The Bertz CT molecular complexity index is 1040. The number of nitrogens with one attached hydrogen (secondary N) is 1. The summed E-state index contributed by atoms with van der Waals surface area (Å²) in [5.41, 5.74) is -1.13. The number of rotatable bonds is 4. The van der Waals surface area contributed by atoms with Gasteiger partial charge in [0, 0.05) is 5.69 Å². The lowest BCUT2D eigenvalue weighted by molar-refractivity contribution is -0.137. The van der Waals surface area contributed by atoms with Crippen LogP contribution in [-0.2, 0) is 21.0 Å². The Labute approximate surface area is 152 Å². The molecule has 1 amide bonds. The lowest BCUT2D eigenvalue weighted by atomic mass is 10.1. The Hall–Kier alpha value is -3.16. The number of alkyl halides is 3. The third kappa shape index (κ3) is 5.40. The van der Waals surface area contributed by atoms with Crippen LogP contribution in [0, 0.1) is 11.3 Å². The van der Waals surface area contributed by atoms with Crippen LogP contribution in [0.1, 0.15) is 11.1 Å². The van der Waals surface area contributed by atoms with Gasteiger partial charge in [-0.2, -0.15) is 18.4 Å². The number of primary sulfonamides is 1. The number of anilines is 1. The highest BCUT2D eigenvalue weighted by Crippen LogP contribution is 2.30. The number of nitrogens with two attached hydrogens (primary N) is 1. The molecule has 0 aliphatic carbocycles. The summed E-state index contributed by atoms with van der Waals surface area (Å²) in [6.45, 7) is 0. The molecule has 6 nitrogen and oxygen atoms in total. The van der Waals surface area contributed by atoms with Crippen LogP contribution in [0.2, 0.25) is 0 Å². The van der Waals surface area contributed by atoms with E-state index in [-0.39, 0.29) is 16.1 Å². The largest absolute Gasteiger partial charge is 0.416 e. The second-order valence-electron chi connectivity index (χ2n) is 5.32. The van der Waals surface area contributed by atoms with E-state index in [1.807, 2.05) is 0 Å². The van der Waals surface area contributed by atoms with Gasteiger partial charge in [0.25, 0.3) is 5.91 Å². The van der Waals surface area contributed by atoms with Crippen LogP contribution in [0.3, 0.4) is 0 Å². The normalized spacial score (nSPS) is 12.3. The van der Waals surface area contributed by atoms with Crippen LogP contribution in [0.25, 0.3) is 6.08 Å². The van der Waals surface area contributed by atoms with Gasteiger partial charge in [-0.25, -0.2) is 13.6 Å². The van der Waals surface area contributed by atoms with Crippen molar-refractivity contribution < 1.29 is 26.4 Å². The minimum Gasteiger partial charge on any atom is -0.321 e. The Kier molecular flexibility index (Phi) is 5.68. The quantitative estimate of drug-likeness (QED) is 0.612. The first-order chi connectivity index (χ1) is 12.5. The minimum atomic E-state index is -4.55. The fourth-order valence-electron chi connectivity index (χ4n) is 2.05. The molecule has 140 valence electrons. The number of nitriles is 1. The van der Waals surface area contributed by atoms with Crippen LogP contribution in [-0.4, -0.2) is 14.3 Å².